The molecule has 26 heavy (non-hydrogen) atoms. The molecule has 0 N–H and O–H groups in total. The Balaban J connectivity index is 1.31. The first kappa shape index (κ1) is 16.8. The fourth-order valence-electron chi connectivity index (χ4n) is 3.47. The zero-order valence-corrected chi connectivity index (χ0v) is 15.2. The number of hydrogen-bond acceptors (Lipinski definition) is 1. The van der Waals surface area contributed by atoms with Crippen LogP contribution in [0, 0.1) is 6.92 Å². The van der Waals surface area contributed by atoms with Crippen molar-refractivity contribution in [2.75, 3.05) is 6.61 Å². The molecule has 0 heterocycles. The Morgan fingerprint density at radius 1 is 0.923 bits per heavy atom. The number of ether oxygens (including phenoxy) is 1. The molecule has 1 atom stereocenters. The Labute approximate surface area is 155 Å². The third-order valence-corrected chi connectivity index (χ3v) is 4.95. The molecule has 130 valence electrons. The Kier molecular flexibility index (Phi) is 4.99. The zero-order valence-electron chi connectivity index (χ0n) is 15.2. The molecule has 0 saturated carbocycles. The molecular weight excluding hydrogens is 316 g/mol. The Bertz CT molecular complexity index is 950. The second kappa shape index (κ2) is 7.72. The van der Waals surface area contributed by atoms with Gasteiger partial charge in [0.2, 0.25) is 0 Å². The summed E-state index contributed by atoms with van der Waals surface area (Å²) < 4.78 is 6.07. The molecule has 1 aliphatic rings. The van der Waals surface area contributed by atoms with Gasteiger partial charge in [0, 0.05) is 0 Å². The maximum atomic E-state index is 6.07. The molecule has 4 rings (SSSR count). The van der Waals surface area contributed by atoms with Crippen molar-refractivity contribution >= 4 is 16.3 Å². The van der Waals surface area contributed by atoms with E-state index in [1.165, 1.54) is 33.0 Å². The zero-order chi connectivity index (χ0) is 17.8. The Hall–Kier alpha value is -2.64. The standard InChI is InChI=1S/C25H24O/c1-19-7-9-24-18-20(8-10-23(24)17-19)15-16-26-25-13-11-22(12-14-25)21-5-3-2-4-6-21/h2-13,17-18,25H,14-16H2,1H3. The third-order valence-electron chi connectivity index (χ3n) is 4.95. The molecule has 0 saturated heterocycles. The topological polar surface area (TPSA) is 9.23 Å². The highest BCUT2D eigenvalue weighted by molar-refractivity contribution is 5.83. The van der Waals surface area contributed by atoms with Crippen LogP contribution in [0.5, 0.6) is 0 Å². The van der Waals surface area contributed by atoms with Crippen LogP contribution in [-0.2, 0) is 11.2 Å². The van der Waals surface area contributed by atoms with Crippen molar-refractivity contribution in [3.05, 3.63) is 102 Å². The molecule has 0 bridgehead atoms. The van der Waals surface area contributed by atoms with Gasteiger partial charge in [-0.2, -0.15) is 0 Å². The van der Waals surface area contributed by atoms with E-state index in [-0.39, 0.29) is 6.10 Å². The summed E-state index contributed by atoms with van der Waals surface area (Å²) in [5.74, 6) is 0. The van der Waals surface area contributed by atoms with Crippen molar-refractivity contribution in [2.45, 2.75) is 25.9 Å². The summed E-state index contributed by atoms with van der Waals surface area (Å²) in [5, 5.41) is 2.62. The molecule has 3 aromatic rings. The van der Waals surface area contributed by atoms with E-state index in [1.54, 1.807) is 0 Å². The summed E-state index contributed by atoms with van der Waals surface area (Å²) >= 11 is 0. The fraction of sp³-hybridized carbons (Fsp3) is 0.200. The SMILES string of the molecule is Cc1ccc2cc(CCOC3C=CC(c4ccccc4)=CC3)ccc2c1. The van der Waals surface area contributed by atoms with Gasteiger partial charge >= 0.3 is 0 Å². The first-order valence-electron chi connectivity index (χ1n) is 9.33. The average Bonchev–Trinajstić information content (AvgIpc) is 2.69. The second-order valence-electron chi connectivity index (χ2n) is 6.96. The molecule has 1 nitrogen and oxygen atoms in total. The van der Waals surface area contributed by atoms with Gasteiger partial charge in [0.05, 0.1) is 12.7 Å². The Morgan fingerprint density at radius 2 is 1.73 bits per heavy atom. The number of aryl methyl sites for hydroxylation is 1. The van der Waals surface area contributed by atoms with Gasteiger partial charge in [-0.1, -0.05) is 90.5 Å². The number of fused-ring (bicyclic) bond motifs is 1. The van der Waals surface area contributed by atoms with Crippen LogP contribution in [0.2, 0.25) is 0 Å². The maximum absolute atomic E-state index is 6.07. The summed E-state index contributed by atoms with van der Waals surface area (Å²) in [6.45, 7) is 2.89. The van der Waals surface area contributed by atoms with Crippen molar-refractivity contribution in [3.8, 4) is 0 Å². The van der Waals surface area contributed by atoms with Gasteiger partial charge in [-0.05, 0) is 47.2 Å². The van der Waals surface area contributed by atoms with Crippen LogP contribution in [0.25, 0.3) is 16.3 Å². The van der Waals surface area contributed by atoms with Crippen LogP contribution in [0.1, 0.15) is 23.1 Å². The molecule has 1 unspecified atom stereocenters. The maximum Gasteiger partial charge on any atom is 0.0793 e. The van der Waals surface area contributed by atoms with Crippen LogP contribution in [0.4, 0.5) is 0 Å². The van der Waals surface area contributed by atoms with Gasteiger partial charge in [-0.3, -0.25) is 0 Å². The van der Waals surface area contributed by atoms with E-state index in [0.29, 0.717) is 0 Å². The summed E-state index contributed by atoms with van der Waals surface area (Å²) in [4.78, 5) is 0. The number of hydrogen-bond donors (Lipinski definition) is 0. The molecule has 0 fully saturated rings. The molecule has 0 radical (unpaired) electrons. The quantitative estimate of drug-likeness (QED) is 0.544. The lowest BCUT2D eigenvalue weighted by Crippen LogP contribution is -2.13. The average molecular weight is 340 g/mol. The van der Waals surface area contributed by atoms with E-state index in [0.717, 1.165) is 19.4 Å². The predicted octanol–water partition coefficient (Wildman–Crippen LogP) is 6.12. The summed E-state index contributed by atoms with van der Waals surface area (Å²) in [7, 11) is 0. The number of allylic oxidation sites excluding steroid dienone is 2. The normalized spacial score (nSPS) is 16.7. The first-order chi connectivity index (χ1) is 12.8. The minimum atomic E-state index is 0.186. The predicted molar refractivity (Wildman–Crippen MR) is 110 cm³/mol. The van der Waals surface area contributed by atoms with Crippen LogP contribution in [-0.4, -0.2) is 12.7 Å². The van der Waals surface area contributed by atoms with E-state index in [4.69, 9.17) is 4.74 Å². The first-order valence-corrected chi connectivity index (χ1v) is 9.33. The lowest BCUT2D eigenvalue weighted by Gasteiger charge is -2.17. The highest BCUT2D eigenvalue weighted by Gasteiger charge is 2.10. The van der Waals surface area contributed by atoms with Crippen molar-refractivity contribution in [1.29, 1.82) is 0 Å². The van der Waals surface area contributed by atoms with Gasteiger partial charge < -0.3 is 4.74 Å². The molecule has 1 aliphatic carbocycles. The van der Waals surface area contributed by atoms with Crippen molar-refractivity contribution in [3.63, 3.8) is 0 Å². The van der Waals surface area contributed by atoms with E-state index in [2.05, 4.69) is 91.9 Å². The minimum Gasteiger partial charge on any atom is -0.373 e. The summed E-state index contributed by atoms with van der Waals surface area (Å²) in [6.07, 6.45) is 8.72. The second-order valence-corrected chi connectivity index (χ2v) is 6.96. The van der Waals surface area contributed by atoms with E-state index >= 15 is 0 Å². The van der Waals surface area contributed by atoms with Gasteiger partial charge in [0.25, 0.3) is 0 Å². The molecule has 0 amide bonds. The van der Waals surface area contributed by atoms with Gasteiger partial charge in [-0.15, -0.1) is 0 Å². The molecule has 1 heteroatoms. The summed E-state index contributed by atoms with van der Waals surface area (Å²) in [6, 6.07) is 23.8. The van der Waals surface area contributed by atoms with Crippen molar-refractivity contribution < 1.29 is 4.74 Å². The Morgan fingerprint density at radius 3 is 2.54 bits per heavy atom. The largest absolute Gasteiger partial charge is 0.373 e. The van der Waals surface area contributed by atoms with Crippen LogP contribution < -0.4 is 0 Å². The smallest absolute Gasteiger partial charge is 0.0793 e. The molecular formula is C25H24O. The van der Waals surface area contributed by atoms with Crippen LogP contribution in [0.15, 0.2) is 85.0 Å². The van der Waals surface area contributed by atoms with E-state index in [9.17, 15) is 0 Å². The van der Waals surface area contributed by atoms with Crippen molar-refractivity contribution in [2.24, 2.45) is 0 Å². The number of benzene rings is 3. The molecule has 0 aliphatic heterocycles. The number of rotatable bonds is 5. The highest BCUT2D eigenvalue weighted by atomic mass is 16.5. The van der Waals surface area contributed by atoms with Gasteiger partial charge in [-0.25, -0.2) is 0 Å². The highest BCUT2D eigenvalue weighted by Crippen LogP contribution is 2.23. The molecule has 0 aromatic heterocycles. The van der Waals surface area contributed by atoms with Crippen LogP contribution >= 0.6 is 0 Å². The lowest BCUT2D eigenvalue weighted by molar-refractivity contribution is 0.0892. The van der Waals surface area contributed by atoms with E-state index in [1.807, 2.05) is 0 Å². The summed E-state index contributed by atoms with van der Waals surface area (Å²) in [5.41, 5.74) is 5.20. The van der Waals surface area contributed by atoms with E-state index < -0.39 is 0 Å². The minimum absolute atomic E-state index is 0.186. The monoisotopic (exact) mass is 340 g/mol. The van der Waals surface area contributed by atoms with Crippen LogP contribution in [0.3, 0.4) is 0 Å². The van der Waals surface area contributed by atoms with Gasteiger partial charge in [0.1, 0.15) is 0 Å². The van der Waals surface area contributed by atoms with Gasteiger partial charge in [0.15, 0.2) is 0 Å². The molecule has 0 spiro atoms. The van der Waals surface area contributed by atoms with Crippen molar-refractivity contribution in [1.82, 2.24) is 0 Å². The molecule has 3 aromatic carbocycles. The fourth-order valence-corrected chi connectivity index (χ4v) is 3.47. The lowest BCUT2D eigenvalue weighted by atomic mass is 9.98. The third kappa shape index (κ3) is 3.95.